The van der Waals surface area contributed by atoms with Crippen LogP contribution in [0, 0.1) is 5.92 Å². The summed E-state index contributed by atoms with van der Waals surface area (Å²) in [6.07, 6.45) is 1.50. The number of carbonyl (C=O) groups is 2. The Labute approximate surface area is 125 Å². The van der Waals surface area contributed by atoms with Gasteiger partial charge in [-0.25, -0.2) is 0 Å². The van der Waals surface area contributed by atoms with Gasteiger partial charge in [0.05, 0.1) is 6.04 Å². The quantitative estimate of drug-likeness (QED) is 0.822. The van der Waals surface area contributed by atoms with Crippen LogP contribution in [0.4, 0.5) is 0 Å². The second-order valence-electron chi connectivity index (χ2n) is 5.55. The maximum Gasteiger partial charge on any atom is 0.224 e. The van der Waals surface area contributed by atoms with Crippen LogP contribution < -0.4 is 11.1 Å². The van der Waals surface area contributed by atoms with Crippen molar-refractivity contribution in [1.29, 1.82) is 0 Å². The van der Waals surface area contributed by atoms with Crippen molar-refractivity contribution in [3.8, 4) is 0 Å². The molecule has 1 aliphatic rings. The molecule has 2 atom stereocenters. The zero-order valence-electron chi connectivity index (χ0n) is 12.4. The third-order valence-electron chi connectivity index (χ3n) is 3.89. The average molecular weight is 289 g/mol. The lowest BCUT2D eigenvalue weighted by atomic mass is 10.0. The lowest BCUT2D eigenvalue weighted by molar-refractivity contribution is -0.129. The molecule has 2 unspecified atom stereocenters. The Hall–Kier alpha value is -1.88. The number of hydrogen-bond donors (Lipinski definition) is 2. The third-order valence-corrected chi connectivity index (χ3v) is 3.89. The van der Waals surface area contributed by atoms with Crippen LogP contribution >= 0.6 is 0 Å². The van der Waals surface area contributed by atoms with Crippen LogP contribution in [-0.2, 0) is 9.59 Å². The van der Waals surface area contributed by atoms with Crippen LogP contribution in [0.5, 0.6) is 0 Å². The standard InChI is InChI=1S/C16H23N3O2/c1-12(10-17)16(21)18-14(13-6-3-2-4-7-13)11-19-9-5-8-15(19)20/h2-4,6-7,12,14H,5,8-11,17H2,1H3,(H,18,21). The molecule has 1 aliphatic heterocycles. The van der Waals surface area contributed by atoms with Gasteiger partial charge in [-0.1, -0.05) is 37.3 Å². The number of nitrogens with two attached hydrogens (primary N) is 1. The molecule has 0 spiro atoms. The second kappa shape index (κ2) is 7.22. The van der Waals surface area contributed by atoms with Crippen molar-refractivity contribution in [1.82, 2.24) is 10.2 Å². The van der Waals surface area contributed by atoms with Gasteiger partial charge >= 0.3 is 0 Å². The van der Waals surface area contributed by atoms with Crippen LogP contribution in [0.15, 0.2) is 30.3 Å². The molecule has 1 fully saturated rings. The highest BCUT2D eigenvalue weighted by Gasteiger charge is 2.26. The van der Waals surface area contributed by atoms with Crippen molar-refractivity contribution < 1.29 is 9.59 Å². The highest BCUT2D eigenvalue weighted by atomic mass is 16.2. The Morgan fingerprint density at radius 2 is 2.10 bits per heavy atom. The molecule has 2 amide bonds. The van der Waals surface area contributed by atoms with E-state index in [9.17, 15) is 9.59 Å². The number of nitrogens with zero attached hydrogens (tertiary/aromatic N) is 1. The first-order valence-corrected chi connectivity index (χ1v) is 7.45. The largest absolute Gasteiger partial charge is 0.347 e. The summed E-state index contributed by atoms with van der Waals surface area (Å²) in [5.74, 6) is -0.138. The zero-order chi connectivity index (χ0) is 15.2. The summed E-state index contributed by atoms with van der Waals surface area (Å²) in [4.78, 5) is 25.8. The van der Waals surface area contributed by atoms with Gasteiger partial charge in [0.1, 0.15) is 0 Å². The highest BCUT2D eigenvalue weighted by molar-refractivity contribution is 5.80. The van der Waals surface area contributed by atoms with Gasteiger partial charge in [0.2, 0.25) is 11.8 Å². The van der Waals surface area contributed by atoms with Gasteiger partial charge in [-0.3, -0.25) is 9.59 Å². The lowest BCUT2D eigenvalue weighted by Gasteiger charge is -2.26. The lowest BCUT2D eigenvalue weighted by Crippen LogP contribution is -2.41. The van der Waals surface area contributed by atoms with Crippen LogP contribution in [0.3, 0.4) is 0 Å². The number of hydrogen-bond acceptors (Lipinski definition) is 3. The van der Waals surface area contributed by atoms with E-state index in [4.69, 9.17) is 5.73 Å². The SMILES string of the molecule is CC(CN)C(=O)NC(CN1CCCC1=O)c1ccccc1. The Bertz CT molecular complexity index is 490. The molecule has 0 aliphatic carbocycles. The van der Waals surface area contributed by atoms with Crippen LogP contribution in [0.2, 0.25) is 0 Å². The van der Waals surface area contributed by atoms with Crippen molar-refractivity contribution in [2.45, 2.75) is 25.8 Å². The number of carbonyl (C=O) groups excluding carboxylic acids is 2. The van der Waals surface area contributed by atoms with E-state index < -0.39 is 0 Å². The Balaban J connectivity index is 2.10. The van der Waals surface area contributed by atoms with Crippen LogP contribution in [0.25, 0.3) is 0 Å². The summed E-state index contributed by atoms with van der Waals surface area (Å²) >= 11 is 0. The van der Waals surface area contributed by atoms with Crippen molar-refractivity contribution in [3.63, 3.8) is 0 Å². The molecule has 5 heteroatoms. The molecular weight excluding hydrogens is 266 g/mol. The fourth-order valence-electron chi connectivity index (χ4n) is 2.46. The minimum atomic E-state index is -0.231. The average Bonchev–Trinajstić information content (AvgIpc) is 2.91. The van der Waals surface area contributed by atoms with Gasteiger partial charge in [-0.15, -0.1) is 0 Å². The van der Waals surface area contributed by atoms with Crippen molar-refractivity contribution in [3.05, 3.63) is 35.9 Å². The van der Waals surface area contributed by atoms with Crippen molar-refractivity contribution in [2.24, 2.45) is 11.7 Å². The van der Waals surface area contributed by atoms with Crippen molar-refractivity contribution in [2.75, 3.05) is 19.6 Å². The van der Waals surface area contributed by atoms with Gasteiger partial charge < -0.3 is 16.0 Å². The Morgan fingerprint density at radius 1 is 1.38 bits per heavy atom. The fourth-order valence-corrected chi connectivity index (χ4v) is 2.46. The van der Waals surface area contributed by atoms with E-state index in [0.29, 0.717) is 19.5 Å². The summed E-state index contributed by atoms with van der Waals surface area (Å²) in [7, 11) is 0. The Kier molecular flexibility index (Phi) is 5.33. The molecule has 1 saturated heterocycles. The third kappa shape index (κ3) is 4.04. The maximum atomic E-state index is 12.1. The maximum absolute atomic E-state index is 12.1. The number of likely N-dealkylation sites (tertiary alicyclic amines) is 1. The first-order valence-electron chi connectivity index (χ1n) is 7.45. The minimum Gasteiger partial charge on any atom is -0.347 e. The van der Waals surface area contributed by atoms with Gasteiger partial charge in [0.15, 0.2) is 0 Å². The first kappa shape index (κ1) is 15.5. The normalized spacial score (nSPS) is 17.6. The predicted molar refractivity (Wildman–Crippen MR) is 81.4 cm³/mol. The number of rotatable bonds is 6. The molecular formula is C16H23N3O2. The van der Waals surface area contributed by atoms with E-state index >= 15 is 0 Å². The topological polar surface area (TPSA) is 75.4 Å². The van der Waals surface area contributed by atoms with E-state index in [1.165, 1.54) is 0 Å². The molecule has 3 N–H and O–H groups in total. The smallest absolute Gasteiger partial charge is 0.224 e. The van der Waals surface area contributed by atoms with E-state index in [0.717, 1.165) is 18.5 Å². The van der Waals surface area contributed by atoms with Gasteiger partial charge in [0.25, 0.3) is 0 Å². The molecule has 114 valence electrons. The van der Waals surface area contributed by atoms with Crippen LogP contribution in [0.1, 0.15) is 31.4 Å². The summed E-state index contributed by atoms with van der Waals surface area (Å²) < 4.78 is 0. The van der Waals surface area contributed by atoms with Crippen LogP contribution in [-0.4, -0.2) is 36.3 Å². The summed E-state index contributed by atoms with van der Waals surface area (Å²) in [6.45, 7) is 3.41. The highest BCUT2D eigenvalue weighted by Crippen LogP contribution is 2.19. The van der Waals surface area contributed by atoms with E-state index in [-0.39, 0.29) is 23.8 Å². The van der Waals surface area contributed by atoms with Gasteiger partial charge in [0, 0.05) is 32.0 Å². The minimum absolute atomic E-state index is 0.0713. The van der Waals surface area contributed by atoms with E-state index in [1.807, 2.05) is 35.2 Å². The summed E-state index contributed by atoms with van der Waals surface area (Å²) in [6, 6.07) is 9.57. The van der Waals surface area contributed by atoms with E-state index in [1.54, 1.807) is 6.92 Å². The fraction of sp³-hybridized carbons (Fsp3) is 0.500. The molecule has 21 heavy (non-hydrogen) atoms. The molecule has 5 nitrogen and oxygen atoms in total. The second-order valence-corrected chi connectivity index (χ2v) is 5.55. The number of nitrogens with one attached hydrogen (secondary N) is 1. The van der Waals surface area contributed by atoms with Gasteiger partial charge in [-0.2, -0.15) is 0 Å². The number of benzene rings is 1. The molecule has 0 aromatic heterocycles. The summed E-state index contributed by atoms with van der Waals surface area (Å²) in [5, 5.41) is 3.02. The monoisotopic (exact) mass is 289 g/mol. The molecule has 2 rings (SSSR count). The predicted octanol–water partition coefficient (Wildman–Crippen LogP) is 1.06. The van der Waals surface area contributed by atoms with Gasteiger partial charge in [-0.05, 0) is 12.0 Å². The molecule has 1 aromatic carbocycles. The molecule has 1 aromatic rings. The summed E-state index contributed by atoms with van der Waals surface area (Å²) in [5.41, 5.74) is 6.56. The molecule has 0 bridgehead atoms. The zero-order valence-corrected chi connectivity index (χ0v) is 12.4. The Morgan fingerprint density at radius 3 is 2.67 bits per heavy atom. The number of amides is 2. The van der Waals surface area contributed by atoms with E-state index in [2.05, 4.69) is 5.32 Å². The first-order chi connectivity index (χ1) is 10.1. The van der Waals surface area contributed by atoms with Crippen molar-refractivity contribution >= 4 is 11.8 Å². The molecule has 0 saturated carbocycles. The molecule has 0 radical (unpaired) electrons. The molecule has 1 heterocycles.